The van der Waals surface area contributed by atoms with Crippen molar-refractivity contribution in [1.29, 1.82) is 0 Å². The summed E-state index contributed by atoms with van der Waals surface area (Å²) < 4.78 is 6.63. The summed E-state index contributed by atoms with van der Waals surface area (Å²) in [6.45, 7) is 1.69. The van der Waals surface area contributed by atoms with Gasteiger partial charge in [0.25, 0.3) is 11.4 Å². The fraction of sp³-hybridized carbons (Fsp3) is 0.267. The van der Waals surface area contributed by atoms with E-state index in [0.29, 0.717) is 37.5 Å². The number of carbonyl (C=O) groups is 1. The summed E-state index contributed by atoms with van der Waals surface area (Å²) in [5.74, 6) is 0.335. The number of hydrogen-bond donors (Lipinski definition) is 0. The highest BCUT2D eigenvalue weighted by Gasteiger charge is 2.26. The smallest absolute Gasteiger partial charge is 0.279 e. The molecule has 0 unspecified atom stereocenters. The number of fused-ring (bicyclic) bond motifs is 1. The Balaban J connectivity index is 2.07. The molecule has 0 atom stereocenters. The van der Waals surface area contributed by atoms with Gasteiger partial charge in [-0.3, -0.25) is 9.59 Å². The first-order valence-corrected chi connectivity index (χ1v) is 6.69. The molecule has 1 aliphatic rings. The highest BCUT2D eigenvalue weighted by atomic mass is 16.5. The van der Waals surface area contributed by atoms with Crippen molar-refractivity contribution in [2.45, 2.75) is 6.54 Å². The van der Waals surface area contributed by atoms with Crippen LogP contribution in [0.2, 0.25) is 0 Å². The highest BCUT2D eigenvalue weighted by molar-refractivity contribution is 5.86. The van der Waals surface area contributed by atoms with Gasteiger partial charge in [-0.05, 0) is 5.56 Å². The van der Waals surface area contributed by atoms with Crippen LogP contribution >= 0.6 is 0 Å². The third-order valence-electron chi connectivity index (χ3n) is 3.47. The van der Waals surface area contributed by atoms with Crippen molar-refractivity contribution >= 4 is 12.0 Å². The predicted molar refractivity (Wildman–Crippen MR) is 77.9 cm³/mol. The minimum Gasteiger partial charge on any atom is -0.473 e. The quantitative estimate of drug-likeness (QED) is 0.787. The number of aryl methyl sites for hydroxylation is 1. The van der Waals surface area contributed by atoms with Crippen molar-refractivity contribution in [2.24, 2.45) is 7.05 Å². The van der Waals surface area contributed by atoms with E-state index in [1.165, 1.54) is 7.05 Å². The van der Waals surface area contributed by atoms with Gasteiger partial charge in [0, 0.05) is 13.6 Å². The van der Waals surface area contributed by atoms with E-state index < -0.39 is 5.56 Å². The van der Waals surface area contributed by atoms with E-state index in [9.17, 15) is 9.59 Å². The molecule has 1 aromatic heterocycles. The highest BCUT2D eigenvalue weighted by Crippen LogP contribution is 2.31. The molecule has 0 saturated heterocycles. The van der Waals surface area contributed by atoms with Crippen LogP contribution in [0.1, 0.15) is 15.9 Å². The topological polar surface area (TPSA) is 64.4 Å². The molecule has 0 spiro atoms. The molecule has 0 aliphatic carbocycles. The molecule has 6 heteroatoms. The van der Waals surface area contributed by atoms with E-state index in [-0.39, 0.29) is 5.56 Å². The molecule has 21 heavy (non-hydrogen) atoms. The number of hydrogen-bond acceptors (Lipinski definition) is 5. The Kier molecular flexibility index (Phi) is 3.43. The fourth-order valence-corrected chi connectivity index (χ4v) is 2.46. The number of aldehydes is 1. The molecule has 3 rings (SSSR count). The maximum atomic E-state index is 12.1. The monoisotopic (exact) mass is 285 g/mol. The maximum Gasteiger partial charge on any atom is 0.279 e. The lowest BCUT2D eigenvalue weighted by atomic mass is 10.1. The molecule has 0 bridgehead atoms. The number of benzene rings is 1. The Bertz CT molecular complexity index is 725. The van der Waals surface area contributed by atoms with Crippen molar-refractivity contribution in [1.82, 2.24) is 9.78 Å². The van der Waals surface area contributed by atoms with Crippen LogP contribution in [0.5, 0.6) is 5.88 Å². The third kappa shape index (κ3) is 2.40. The second-order valence-corrected chi connectivity index (χ2v) is 4.87. The van der Waals surface area contributed by atoms with Crippen molar-refractivity contribution in [3.63, 3.8) is 0 Å². The van der Waals surface area contributed by atoms with Gasteiger partial charge in [0.1, 0.15) is 17.9 Å². The van der Waals surface area contributed by atoms with E-state index in [1.807, 2.05) is 35.2 Å². The first kappa shape index (κ1) is 13.4. The average Bonchev–Trinajstić information content (AvgIpc) is 2.50. The van der Waals surface area contributed by atoms with Crippen molar-refractivity contribution < 1.29 is 9.53 Å². The first-order chi connectivity index (χ1) is 10.2. The number of anilines is 1. The average molecular weight is 285 g/mol. The van der Waals surface area contributed by atoms with Gasteiger partial charge < -0.3 is 9.64 Å². The zero-order chi connectivity index (χ0) is 14.8. The predicted octanol–water partition coefficient (Wildman–Crippen LogP) is 0.992. The normalized spacial score (nSPS) is 13.5. The Labute approximate surface area is 121 Å². The van der Waals surface area contributed by atoms with Gasteiger partial charge in [-0.15, -0.1) is 5.10 Å². The van der Waals surface area contributed by atoms with Crippen LogP contribution in [0.25, 0.3) is 0 Å². The van der Waals surface area contributed by atoms with Crippen molar-refractivity contribution in [2.75, 3.05) is 18.1 Å². The van der Waals surface area contributed by atoms with E-state index >= 15 is 0 Å². The van der Waals surface area contributed by atoms with Crippen LogP contribution in [0.15, 0.2) is 35.1 Å². The molecule has 0 N–H and O–H groups in total. The summed E-state index contributed by atoms with van der Waals surface area (Å²) in [5, 5.41) is 4.10. The molecule has 1 aromatic carbocycles. The van der Waals surface area contributed by atoms with Gasteiger partial charge in [-0.1, -0.05) is 30.3 Å². The van der Waals surface area contributed by atoms with Crippen molar-refractivity contribution in [3.05, 3.63) is 51.8 Å². The summed E-state index contributed by atoms with van der Waals surface area (Å²) >= 11 is 0. The van der Waals surface area contributed by atoms with Gasteiger partial charge in [-0.25, -0.2) is 4.68 Å². The zero-order valence-corrected chi connectivity index (χ0v) is 11.7. The Morgan fingerprint density at radius 2 is 2.10 bits per heavy atom. The summed E-state index contributed by atoms with van der Waals surface area (Å²) in [4.78, 5) is 25.3. The summed E-state index contributed by atoms with van der Waals surface area (Å²) in [6, 6.07) is 9.87. The second-order valence-electron chi connectivity index (χ2n) is 4.87. The molecule has 0 radical (unpaired) electrons. The van der Waals surface area contributed by atoms with E-state index in [4.69, 9.17) is 4.74 Å². The van der Waals surface area contributed by atoms with Gasteiger partial charge >= 0.3 is 0 Å². The number of carbonyl (C=O) groups excluding carboxylic acids is 1. The van der Waals surface area contributed by atoms with Crippen LogP contribution in [-0.4, -0.2) is 29.2 Å². The van der Waals surface area contributed by atoms with Crippen LogP contribution in [-0.2, 0) is 13.6 Å². The molecule has 1 aliphatic heterocycles. The van der Waals surface area contributed by atoms with Gasteiger partial charge in [-0.2, -0.15) is 0 Å². The SMILES string of the molecule is Cn1nc2c(c(C=O)c1=O)N(Cc1ccccc1)CCO2. The van der Waals surface area contributed by atoms with Gasteiger partial charge in [0.05, 0.1) is 6.54 Å². The Hall–Kier alpha value is -2.63. The molecular weight excluding hydrogens is 270 g/mol. The maximum absolute atomic E-state index is 12.1. The number of rotatable bonds is 3. The molecule has 108 valence electrons. The molecule has 0 fully saturated rings. The Morgan fingerprint density at radius 3 is 2.81 bits per heavy atom. The minimum atomic E-state index is -0.410. The standard InChI is InChI=1S/C15H15N3O3/c1-17-15(20)12(10-19)13-14(16-17)21-8-7-18(13)9-11-5-3-2-4-6-11/h2-6,10H,7-9H2,1H3. The minimum absolute atomic E-state index is 0.0955. The van der Waals surface area contributed by atoms with Crippen LogP contribution < -0.4 is 15.2 Å². The fourth-order valence-electron chi connectivity index (χ4n) is 2.46. The third-order valence-corrected chi connectivity index (χ3v) is 3.47. The lowest BCUT2D eigenvalue weighted by molar-refractivity contribution is 0.112. The Morgan fingerprint density at radius 1 is 1.33 bits per heavy atom. The molecular formula is C15H15N3O3. The summed E-state index contributed by atoms with van der Waals surface area (Å²) in [7, 11) is 1.51. The molecule has 0 saturated carbocycles. The molecule has 2 aromatic rings. The second kappa shape index (κ2) is 5.40. The molecule has 2 heterocycles. The molecule has 0 amide bonds. The van der Waals surface area contributed by atoms with E-state index in [2.05, 4.69) is 5.10 Å². The first-order valence-electron chi connectivity index (χ1n) is 6.69. The largest absolute Gasteiger partial charge is 0.473 e. The van der Waals surface area contributed by atoms with Gasteiger partial charge in [0.2, 0.25) is 0 Å². The summed E-state index contributed by atoms with van der Waals surface area (Å²) in [5.41, 5.74) is 1.27. The lowest BCUT2D eigenvalue weighted by Gasteiger charge is -2.31. The van der Waals surface area contributed by atoms with Crippen LogP contribution in [0.4, 0.5) is 5.69 Å². The number of nitrogens with zero attached hydrogens (tertiary/aromatic N) is 3. The van der Waals surface area contributed by atoms with E-state index in [0.717, 1.165) is 10.2 Å². The van der Waals surface area contributed by atoms with Crippen molar-refractivity contribution in [3.8, 4) is 5.88 Å². The number of aromatic nitrogens is 2. The zero-order valence-electron chi connectivity index (χ0n) is 11.7. The summed E-state index contributed by atoms with van der Waals surface area (Å²) in [6.07, 6.45) is 0.579. The number of ether oxygens (including phenoxy) is 1. The van der Waals surface area contributed by atoms with Gasteiger partial charge in [0.15, 0.2) is 6.29 Å². The lowest BCUT2D eigenvalue weighted by Crippen LogP contribution is -2.37. The van der Waals surface area contributed by atoms with Crippen LogP contribution in [0, 0.1) is 0 Å². The molecule has 6 nitrogen and oxygen atoms in total. The van der Waals surface area contributed by atoms with Crippen LogP contribution in [0.3, 0.4) is 0 Å². The van der Waals surface area contributed by atoms with E-state index in [1.54, 1.807) is 0 Å².